The Balaban J connectivity index is 1.81. The summed E-state index contributed by atoms with van der Waals surface area (Å²) < 4.78 is 5.41. The van der Waals surface area contributed by atoms with Crippen molar-refractivity contribution in [1.82, 2.24) is 10.5 Å². The van der Waals surface area contributed by atoms with Crippen LogP contribution in [-0.2, 0) is 4.79 Å². The van der Waals surface area contributed by atoms with Crippen molar-refractivity contribution in [3.05, 3.63) is 35.9 Å². The third-order valence-corrected chi connectivity index (χ3v) is 4.80. The fourth-order valence-corrected chi connectivity index (χ4v) is 3.43. The van der Waals surface area contributed by atoms with Crippen molar-refractivity contribution in [2.75, 3.05) is 25.0 Å². The predicted molar refractivity (Wildman–Crippen MR) is 97.1 cm³/mol. The lowest BCUT2D eigenvalue weighted by Gasteiger charge is -2.32. The highest BCUT2D eigenvalue weighted by molar-refractivity contribution is 5.99. The second kappa shape index (κ2) is 8.03. The Morgan fingerprint density at radius 3 is 2.81 bits per heavy atom. The van der Waals surface area contributed by atoms with E-state index in [-0.39, 0.29) is 17.2 Å². The van der Waals surface area contributed by atoms with Gasteiger partial charge in [-0.05, 0) is 25.2 Å². The molecular formula is C19H23N3O4. The molecule has 2 N–H and O–H groups in total. The number of carbonyl (C=O) groups excluding carboxylic acids is 1. The molecule has 0 spiro atoms. The SMILES string of the molecule is CNC(=O)CCC1CCCN(c2noc(-c3ccccc3)c2C(=O)O)C1. The number of aromatic nitrogens is 1. The molecule has 3 rings (SSSR count). The molecule has 1 saturated heterocycles. The number of carboxylic acids is 1. The minimum Gasteiger partial charge on any atom is -0.477 e. The number of amides is 1. The molecule has 1 fully saturated rings. The smallest absolute Gasteiger partial charge is 0.343 e. The van der Waals surface area contributed by atoms with E-state index in [1.54, 1.807) is 19.2 Å². The summed E-state index contributed by atoms with van der Waals surface area (Å²) >= 11 is 0. The van der Waals surface area contributed by atoms with E-state index in [0.29, 0.717) is 30.3 Å². The summed E-state index contributed by atoms with van der Waals surface area (Å²) in [6.07, 6.45) is 3.22. The summed E-state index contributed by atoms with van der Waals surface area (Å²) in [4.78, 5) is 25.3. The number of carbonyl (C=O) groups is 2. The van der Waals surface area contributed by atoms with E-state index in [0.717, 1.165) is 25.8 Å². The van der Waals surface area contributed by atoms with Crippen molar-refractivity contribution in [3.63, 3.8) is 0 Å². The molecular weight excluding hydrogens is 334 g/mol. The van der Waals surface area contributed by atoms with Crippen molar-refractivity contribution >= 4 is 17.7 Å². The average molecular weight is 357 g/mol. The fraction of sp³-hybridized carbons (Fsp3) is 0.421. The van der Waals surface area contributed by atoms with Crippen molar-refractivity contribution in [3.8, 4) is 11.3 Å². The van der Waals surface area contributed by atoms with Crippen LogP contribution in [0, 0.1) is 5.92 Å². The van der Waals surface area contributed by atoms with Gasteiger partial charge in [0.25, 0.3) is 0 Å². The maximum absolute atomic E-state index is 11.9. The maximum Gasteiger partial charge on any atom is 0.343 e. The topological polar surface area (TPSA) is 95.7 Å². The van der Waals surface area contributed by atoms with Gasteiger partial charge in [0.1, 0.15) is 0 Å². The van der Waals surface area contributed by atoms with Gasteiger partial charge in [0, 0.05) is 32.1 Å². The van der Waals surface area contributed by atoms with Crippen LogP contribution >= 0.6 is 0 Å². The van der Waals surface area contributed by atoms with Crippen LogP contribution in [0.4, 0.5) is 5.82 Å². The monoisotopic (exact) mass is 357 g/mol. The van der Waals surface area contributed by atoms with E-state index in [4.69, 9.17) is 4.52 Å². The molecule has 26 heavy (non-hydrogen) atoms. The molecule has 0 bridgehead atoms. The average Bonchev–Trinajstić information content (AvgIpc) is 3.12. The largest absolute Gasteiger partial charge is 0.477 e. The number of hydrogen-bond donors (Lipinski definition) is 2. The molecule has 0 radical (unpaired) electrons. The Hall–Kier alpha value is -2.83. The van der Waals surface area contributed by atoms with Crippen LogP contribution in [0.3, 0.4) is 0 Å². The number of benzene rings is 1. The molecule has 7 nitrogen and oxygen atoms in total. The summed E-state index contributed by atoms with van der Waals surface area (Å²) in [5.41, 5.74) is 0.792. The third-order valence-electron chi connectivity index (χ3n) is 4.80. The van der Waals surface area contributed by atoms with E-state index in [2.05, 4.69) is 10.5 Å². The first-order valence-corrected chi connectivity index (χ1v) is 8.84. The normalized spacial score (nSPS) is 17.1. The first kappa shape index (κ1) is 18.0. The first-order valence-electron chi connectivity index (χ1n) is 8.84. The van der Waals surface area contributed by atoms with Gasteiger partial charge in [-0.3, -0.25) is 4.79 Å². The zero-order chi connectivity index (χ0) is 18.5. The number of piperidine rings is 1. The summed E-state index contributed by atoms with van der Waals surface area (Å²) in [5, 5.41) is 16.4. The number of hydrogen-bond acceptors (Lipinski definition) is 5. The van der Waals surface area contributed by atoms with Gasteiger partial charge in [-0.2, -0.15) is 0 Å². The number of carboxylic acid groups (broad SMARTS) is 1. The molecule has 0 aliphatic carbocycles. The van der Waals surface area contributed by atoms with E-state index in [1.165, 1.54) is 0 Å². The van der Waals surface area contributed by atoms with Crippen molar-refractivity contribution in [1.29, 1.82) is 0 Å². The van der Waals surface area contributed by atoms with E-state index >= 15 is 0 Å². The zero-order valence-corrected chi connectivity index (χ0v) is 14.8. The lowest BCUT2D eigenvalue weighted by Crippen LogP contribution is -2.37. The molecule has 1 atom stereocenters. The molecule has 0 saturated carbocycles. The van der Waals surface area contributed by atoms with Crippen molar-refractivity contribution < 1.29 is 19.2 Å². The molecule has 1 aromatic carbocycles. The third kappa shape index (κ3) is 3.87. The molecule has 1 aliphatic heterocycles. The Labute approximate surface area is 152 Å². The number of aromatic carboxylic acids is 1. The van der Waals surface area contributed by atoms with Crippen LogP contribution in [0.1, 0.15) is 36.0 Å². The molecule has 1 amide bonds. The summed E-state index contributed by atoms with van der Waals surface area (Å²) in [6, 6.07) is 9.14. The van der Waals surface area contributed by atoms with Gasteiger partial charge in [0.2, 0.25) is 5.91 Å². The van der Waals surface area contributed by atoms with Gasteiger partial charge >= 0.3 is 5.97 Å². The molecule has 7 heteroatoms. The Morgan fingerprint density at radius 2 is 2.12 bits per heavy atom. The lowest BCUT2D eigenvalue weighted by molar-refractivity contribution is -0.120. The Kier molecular flexibility index (Phi) is 5.55. The second-order valence-corrected chi connectivity index (χ2v) is 6.55. The standard InChI is InChI=1S/C19H23N3O4/c1-20-15(23)10-9-13-6-5-11-22(12-13)18-16(19(24)25)17(26-21-18)14-7-3-2-4-8-14/h2-4,7-8,13H,5-6,9-12H2,1H3,(H,20,23)(H,24,25). The number of nitrogens with one attached hydrogen (secondary N) is 1. The molecule has 138 valence electrons. The quantitative estimate of drug-likeness (QED) is 0.825. The summed E-state index contributed by atoms with van der Waals surface area (Å²) in [5.74, 6) is -0.0325. The molecule has 1 unspecified atom stereocenters. The molecule has 2 aromatic rings. The van der Waals surface area contributed by atoms with Crippen LogP contribution < -0.4 is 10.2 Å². The van der Waals surface area contributed by atoms with Gasteiger partial charge < -0.3 is 19.8 Å². The van der Waals surface area contributed by atoms with Crippen LogP contribution in [0.15, 0.2) is 34.9 Å². The van der Waals surface area contributed by atoms with E-state index < -0.39 is 5.97 Å². The number of anilines is 1. The van der Waals surface area contributed by atoms with Crippen molar-refractivity contribution in [2.45, 2.75) is 25.7 Å². The first-order chi connectivity index (χ1) is 12.6. The zero-order valence-electron chi connectivity index (χ0n) is 14.8. The molecule has 2 heterocycles. The van der Waals surface area contributed by atoms with Crippen LogP contribution in [0.5, 0.6) is 0 Å². The fourth-order valence-electron chi connectivity index (χ4n) is 3.43. The minimum absolute atomic E-state index is 0.0288. The predicted octanol–water partition coefficient (Wildman–Crippen LogP) is 2.78. The number of rotatable bonds is 6. The Bertz CT molecular complexity index is 772. The maximum atomic E-state index is 11.9. The number of nitrogens with zero attached hydrogens (tertiary/aromatic N) is 2. The van der Waals surface area contributed by atoms with Crippen LogP contribution in [-0.4, -0.2) is 42.3 Å². The van der Waals surface area contributed by atoms with Gasteiger partial charge in [-0.1, -0.05) is 35.5 Å². The summed E-state index contributed by atoms with van der Waals surface area (Å²) in [7, 11) is 1.63. The van der Waals surface area contributed by atoms with Crippen LogP contribution in [0.25, 0.3) is 11.3 Å². The highest BCUT2D eigenvalue weighted by Gasteiger charge is 2.30. The highest BCUT2D eigenvalue weighted by Crippen LogP contribution is 2.34. The van der Waals surface area contributed by atoms with Gasteiger partial charge in [0.05, 0.1) is 0 Å². The van der Waals surface area contributed by atoms with Crippen molar-refractivity contribution in [2.24, 2.45) is 5.92 Å². The lowest BCUT2D eigenvalue weighted by atomic mass is 9.93. The summed E-state index contributed by atoms with van der Waals surface area (Å²) in [6.45, 7) is 1.41. The van der Waals surface area contributed by atoms with Crippen LogP contribution in [0.2, 0.25) is 0 Å². The molecule has 1 aliphatic rings. The second-order valence-electron chi connectivity index (χ2n) is 6.55. The highest BCUT2D eigenvalue weighted by atomic mass is 16.5. The Morgan fingerprint density at radius 1 is 1.35 bits per heavy atom. The van der Waals surface area contributed by atoms with E-state index in [1.807, 2.05) is 23.1 Å². The van der Waals surface area contributed by atoms with Gasteiger partial charge in [0.15, 0.2) is 17.1 Å². The van der Waals surface area contributed by atoms with Gasteiger partial charge in [-0.25, -0.2) is 4.79 Å². The molecule has 1 aromatic heterocycles. The van der Waals surface area contributed by atoms with Gasteiger partial charge in [-0.15, -0.1) is 0 Å². The van der Waals surface area contributed by atoms with E-state index in [9.17, 15) is 14.7 Å². The minimum atomic E-state index is -1.05.